The predicted molar refractivity (Wildman–Crippen MR) is 41.1 cm³/mol. The van der Waals surface area contributed by atoms with Crippen molar-refractivity contribution >= 4 is 5.69 Å². The predicted octanol–water partition coefficient (Wildman–Crippen LogP) is 0.0154. The summed E-state index contributed by atoms with van der Waals surface area (Å²) < 4.78 is 0.823. The van der Waals surface area contributed by atoms with Crippen LogP contribution in [0.1, 0.15) is 0 Å². The quantitative estimate of drug-likeness (QED) is 0.361. The number of rotatable bonds is 1. The molecule has 1 aromatic rings. The van der Waals surface area contributed by atoms with E-state index in [0.29, 0.717) is 0 Å². The van der Waals surface area contributed by atoms with Gasteiger partial charge in [-0.05, 0) is 5.53 Å². The van der Waals surface area contributed by atoms with Crippen molar-refractivity contribution in [3.05, 3.63) is 37.5 Å². The Bertz CT molecular complexity index is 450. The molecule has 7 nitrogen and oxygen atoms in total. The highest BCUT2D eigenvalue weighted by molar-refractivity contribution is 5.29. The van der Waals surface area contributed by atoms with E-state index in [1.54, 1.807) is 0 Å². The average Bonchev–Trinajstić information content (AvgIpc) is 2.07. The first-order valence-corrected chi connectivity index (χ1v) is 3.00. The summed E-state index contributed by atoms with van der Waals surface area (Å²) in [5, 5.41) is 3.09. The zero-order valence-corrected chi connectivity index (χ0v) is 6.18. The molecule has 0 atom stereocenters. The Morgan fingerprint density at radius 3 is 2.92 bits per heavy atom. The average molecular weight is 167 g/mol. The fourth-order valence-corrected chi connectivity index (χ4v) is 0.673. The van der Waals surface area contributed by atoms with Gasteiger partial charge in [-0.25, -0.2) is 4.79 Å². The lowest BCUT2D eigenvalue weighted by Crippen LogP contribution is -2.31. The van der Waals surface area contributed by atoms with Crippen molar-refractivity contribution in [3.63, 3.8) is 0 Å². The third-order valence-corrected chi connectivity index (χ3v) is 1.31. The van der Waals surface area contributed by atoms with Crippen LogP contribution in [0.5, 0.6) is 0 Å². The van der Waals surface area contributed by atoms with Crippen LogP contribution in [0.25, 0.3) is 10.4 Å². The van der Waals surface area contributed by atoms with E-state index in [1.165, 1.54) is 7.05 Å². The zero-order chi connectivity index (χ0) is 9.14. The number of nitrogens with zero attached hydrogens (tertiary/aromatic N) is 4. The molecule has 0 aliphatic carbocycles. The van der Waals surface area contributed by atoms with Gasteiger partial charge in [-0.3, -0.25) is 9.36 Å². The lowest BCUT2D eigenvalue weighted by Gasteiger charge is -1.94. The molecule has 12 heavy (non-hydrogen) atoms. The lowest BCUT2D eigenvalue weighted by molar-refractivity contribution is 0.776. The van der Waals surface area contributed by atoms with E-state index in [-0.39, 0.29) is 5.69 Å². The molecule has 7 heteroatoms. The molecule has 0 aromatic carbocycles. The van der Waals surface area contributed by atoms with Crippen LogP contribution in [-0.4, -0.2) is 9.55 Å². The van der Waals surface area contributed by atoms with Crippen LogP contribution in [0.2, 0.25) is 0 Å². The van der Waals surface area contributed by atoms with Gasteiger partial charge in [-0.2, -0.15) is 0 Å². The van der Waals surface area contributed by atoms with Gasteiger partial charge in [0.05, 0.1) is 0 Å². The highest BCUT2D eigenvalue weighted by atomic mass is 16.2. The molecule has 1 aromatic heterocycles. The SMILES string of the molecule is Cn1c(=O)[nH]cc(N=[N+]=[N-])c1=O. The van der Waals surface area contributed by atoms with Crippen LogP contribution in [-0.2, 0) is 7.05 Å². The Morgan fingerprint density at radius 1 is 1.67 bits per heavy atom. The second kappa shape index (κ2) is 2.93. The first-order chi connectivity index (χ1) is 5.66. The maximum Gasteiger partial charge on any atom is 0.328 e. The molecule has 0 radical (unpaired) electrons. The van der Waals surface area contributed by atoms with E-state index in [1.807, 2.05) is 0 Å². The normalized spacial score (nSPS) is 9.08. The maximum absolute atomic E-state index is 11.1. The summed E-state index contributed by atoms with van der Waals surface area (Å²) in [7, 11) is 1.29. The van der Waals surface area contributed by atoms with Gasteiger partial charge in [0.15, 0.2) is 0 Å². The molecule has 1 heterocycles. The van der Waals surface area contributed by atoms with Crippen LogP contribution < -0.4 is 11.2 Å². The summed E-state index contributed by atoms with van der Waals surface area (Å²) in [6.45, 7) is 0. The van der Waals surface area contributed by atoms with Crippen molar-refractivity contribution in [2.45, 2.75) is 0 Å². The molecular formula is C5H5N5O2. The fraction of sp³-hybridized carbons (Fsp3) is 0.200. The lowest BCUT2D eigenvalue weighted by atomic mass is 10.5. The molecule has 0 aliphatic rings. The van der Waals surface area contributed by atoms with Gasteiger partial charge in [0.25, 0.3) is 5.56 Å². The minimum atomic E-state index is -0.614. The molecule has 0 saturated carbocycles. The van der Waals surface area contributed by atoms with Crippen LogP contribution >= 0.6 is 0 Å². The van der Waals surface area contributed by atoms with Crippen molar-refractivity contribution in [2.75, 3.05) is 0 Å². The van der Waals surface area contributed by atoms with Crippen molar-refractivity contribution in [2.24, 2.45) is 12.2 Å². The summed E-state index contributed by atoms with van der Waals surface area (Å²) in [6, 6.07) is 0. The van der Waals surface area contributed by atoms with Gasteiger partial charge >= 0.3 is 5.69 Å². The Hall–Kier alpha value is -2.01. The molecule has 0 unspecified atom stereocenters. The van der Waals surface area contributed by atoms with Gasteiger partial charge in [-0.15, -0.1) is 0 Å². The molecule has 0 amide bonds. The monoisotopic (exact) mass is 167 g/mol. The molecule has 1 N–H and O–H groups in total. The molecule has 0 saturated heterocycles. The van der Waals surface area contributed by atoms with E-state index < -0.39 is 11.2 Å². The summed E-state index contributed by atoms with van der Waals surface area (Å²) in [5.41, 5.74) is 6.74. The van der Waals surface area contributed by atoms with Crippen molar-refractivity contribution in [3.8, 4) is 0 Å². The smallest absolute Gasteiger partial charge is 0.313 e. The standard InChI is InChI=1S/C5H5N5O2/c1-10-4(11)3(8-9-6)2-7-5(10)12/h2H,1H3,(H,7,12). The first-order valence-electron chi connectivity index (χ1n) is 3.00. The summed E-state index contributed by atoms with van der Waals surface area (Å²) in [6.07, 6.45) is 1.07. The number of hydrogen-bond acceptors (Lipinski definition) is 3. The minimum Gasteiger partial charge on any atom is -0.313 e. The van der Waals surface area contributed by atoms with Crippen LogP contribution in [0.4, 0.5) is 5.69 Å². The molecule has 0 fully saturated rings. The van der Waals surface area contributed by atoms with E-state index in [9.17, 15) is 9.59 Å². The Kier molecular flexibility index (Phi) is 1.98. The topological polar surface area (TPSA) is 104 Å². The summed E-state index contributed by atoms with van der Waals surface area (Å²) in [5.74, 6) is 0. The summed E-state index contributed by atoms with van der Waals surface area (Å²) >= 11 is 0. The number of hydrogen-bond donors (Lipinski definition) is 1. The van der Waals surface area contributed by atoms with Gasteiger partial charge in [0.2, 0.25) is 0 Å². The third-order valence-electron chi connectivity index (χ3n) is 1.31. The second-order valence-electron chi connectivity index (χ2n) is 2.03. The number of aromatic nitrogens is 2. The van der Waals surface area contributed by atoms with E-state index in [0.717, 1.165) is 10.8 Å². The molecular weight excluding hydrogens is 162 g/mol. The molecule has 0 bridgehead atoms. The van der Waals surface area contributed by atoms with Gasteiger partial charge in [0.1, 0.15) is 5.69 Å². The Morgan fingerprint density at radius 2 is 2.33 bits per heavy atom. The van der Waals surface area contributed by atoms with Crippen LogP contribution in [0, 0.1) is 0 Å². The molecule has 1 rings (SSSR count). The first kappa shape index (κ1) is 8.09. The van der Waals surface area contributed by atoms with Crippen molar-refractivity contribution in [1.29, 1.82) is 0 Å². The second-order valence-corrected chi connectivity index (χ2v) is 2.03. The highest BCUT2D eigenvalue weighted by Gasteiger charge is 1.99. The van der Waals surface area contributed by atoms with E-state index in [4.69, 9.17) is 5.53 Å². The largest absolute Gasteiger partial charge is 0.328 e. The molecule has 0 spiro atoms. The van der Waals surface area contributed by atoms with E-state index >= 15 is 0 Å². The summed E-state index contributed by atoms with van der Waals surface area (Å²) in [4.78, 5) is 26.5. The minimum absolute atomic E-state index is 0.125. The number of nitrogens with one attached hydrogen (secondary N) is 1. The van der Waals surface area contributed by atoms with Crippen molar-refractivity contribution < 1.29 is 0 Å². The van der Waals surface area contributed by atoms with Crippen molar-refractivity contribution in [1.82, 2.24) is 9.55 Å². The highest BCUT2D eigenvalue weighted by Crippen LogP contribution is 1.97. The van der Waals surface area contributed by atoms with Gasteiger partial charge < -0.3 is 4.98 Å². The van der Waals surface area contributed by atoms with Crippen LogP contribution in [0.15, 0.2) is 20.9 Å². The molecule has 62 valence electrons. The fourth-order valence-electron chi connectivity index (χ4n) is 0.673. The zero-order valence-electron chi connectivity index (χ0n) is 6.18. The Labute approximate surface area is 65.9 Å². The third kappa shape index (κ3) is 1.21. The Balaban J connectivity index is 3.58. The van der Waals surface area contributed by atoms with Gasteiger partial charge in [0, 0.05) is 18.2 Å². The number of aromatic amines is 1. The maximum atomic E-state index is 11.1. The number of azide groups is 1. The van der Waals surface area contributed by atoms with Crippen LogP contribution in [0.3, 0.4) is 0 Å². The van der Waals surface area contributed by atoms with Gasteiger partial charge in [-0.1, -0.05) is 5.11 Å². The molecule has 0 aliphatic heterocycles. The number of H-pyrrole nitrogens is 1. The van der Waals surface area contributed by atoms with E-state index in [2.05, 4.69) is 15.0 Å².